The van der Waals surface area contributed by atoms with E-state index in [0.29, 0.717) is 6.42 Å². The molecule has 15 heavy (non-hydrogen) atoms. The Labute approximate surface area is 87.0 Å². The van der Waals surface area contributed by atoms with Crippen molar-refractivity contribution in [2.75, 3.05) is 13.7 Å². The van der Waals surface area contributed by atoms with E-state index < -0.39 is 5.97 Å². The van der Waals surface area contributed by atoms with Gasteiger partial charge in [0.2, 0.25) is 5.76 Å². The Bertz CT molecular complexity index is 352. The molecule has 1 aromatic heterocycles. The molecule has 0 unspecified atom stereocenters. The van der Waals surface area contributed by atoms with Crippen LogP contribution in [-0.4, -0.2) is 25.5 Å². The number of carbonyl (C=O) groups is 2. The van der Waals surface area contributed by atoms with Crippen LogP contribution in [0.3, 0.4) is 0 Å². The van der Waals surface area contributed by atoms with Crippen LogP contribution in [-0.2, 0) is 9.53 Å². The van der Waals surface area contributed by atoms with Gasteiger partial charge in [0.05, 0.1) is 7.11 Å². The van der Waals surface area contributed by atoms with Crippen LogP contribution in [0, 0.1) is 0 Å². The van der Waals surface area contributed by atoms with Crippen LogP contribution in [0.15, 0.2) is 16.5 Å². The minimum atomic E-state index is -0.667. The molecule has 0 saturated heterocycles. The van der Waals surface area contributed by atoms with Crippen molar-refractivity contribution < 1.29 is 23.5 Å². The molecule has 0 atom stereocenters. The lowest BCUT2D eigenvalue weighted by molar-refractivity contribution is -0.121. The molecule has 0 saturated carbocycles. The van der Waals surface area contributed by atoms with Crippen molar-refractivity contribution in [3.63, 3.8) is 0 Å². The summed E-state index contributed by atoms with van der Waals surface area (Å²) in [7, 11) is 1.43. The molecule has 0 aromatic carbocycles. The third kappa shape index (κ3) is 3.12. The van der Waals surface area contributed by atoms with Gasteiger partial charge >= 0.3 is 5.97 Å². The lowest BCUT2D eigenvalue weighted by Gasteiger charge is -1.99. The fourth-order valence-corrected chi connectivity index (χ4v) is 0.859. The van der Waals surface area contributed by atoms with Gasteiger partial charge in [-0.05, 0) is 6.07 Å². The van der Waals surface area contributed by atoms with Gasteiger partial charge in [0, 0.05) is 12.5 Å². The van der Waals surface area contributed by atoms with Gasteiger partial charge in [-0.25, -0.2) is 4.79 Å². The Kier molecular flexibility index (Phi) is 3.91. The Balaban J connectivity index is 2.50. The second-order valence-corrected chi connectivity index (χ2v) is 2.79. The first-order valence-corrected chi connectivity index (χ1v) is 4.50. The number of carbonyl (C=O) groups excluding carboxylic acids is 2. The highest BCUT2D eigenvalue weighted by molar-refractivity contribution is 5.89. The molecule has 0 spiro atoms. The number of methoxy groups -OCH3 is 1. The molecule has 5 nitrogen and oxygen atoms in total. The molecule has 0 radical (unpaired) electrons. The maximum absolute atomic E-state index is 11.3. The highest BCUT2D eigenvalue weighted by Gasteiger charge is 2.13. The van der Waals surface area contributed by atoms with Gasteiger partial charge in [-0.1, -0.05) is 6.92 Å². The second-order valence-electron chi connectivity index (χ2n) is 2.79. The Morgan fingerprint density at radius 3 is 2.67 bits per heavy atom. The summed E-state index contributed by atoms with van der Waals surface area (Å²) in [5.41, 5.74) is 0. The molecular weight excluding hydrogens is 200 g/mol. The molecule has 5 heteroatoms. The summed E-state index contributed by atoms with van der Waals surface area (Å²) in [5.74, 6) is -0.554. The Morgan fingerprint density at radius 2 is 2.13 bits per heavy atom. The van der Waals surface area contributed by atoms with E-state index in [1.807, 2.05) is 0 Å². The van der Waals surface area contributed by atoms with Gasteiger partial charge in [0.15, 0.2) is 5.78 Å². The molecule has 1 aromatic rings. The third-order valence-electron chi connectivity index (χ3n) is 1.74. The average molecular weight is 212 g/mol. The van der Waals surface area contributed by atoms with Crippen molar-refractivity contribution in [1.82, 2.24) is 0 Å². The largest absolute Gasteiger partial charge is 0.468 e. The Hall–Kier alpha value is -1.78. The van der Waals surface area contributed by atoms with Gasteiger partial charge in [-0.3, -0.25) is 4.79 Å². The standard InChI is InChI=1S/C10H12O5/c1-3-7(11)6-14-10(12)8-4-5-9(13-2)15-8/h4-5H,3,6H2,1-2H3. The van der Waals surface area contributed by atoms with Gasteiger partial charge in [0.25, 0.3) is 5.95 Å². The van der Waals surface area contributed by atoms with Crippen molar-refractivity contribution in [1.29, 1.82) is 0 Å². The predicted octanol–water partition coefficient (Wildman–Crippen LogP) is 1.42. The fraction of sp³-hybridized carbons (Fsp3) is 0.400. The predicted molar refractivity (Wildman–Crippen MR) is 50.8 cm³/mol. The normalized spacial score (nSPS) is 9.73. The number of esters is 1. The highest BCUT2D eigenvalue weighted by Crippen LogP contribution is 2.15. The number of rotatable bonds is 5. The summed E-state index contributed by atoms with van der Waals surface area (Å²) < 4.78 is 14.4. The molecule has 0 bridgehead atoms. The average Bonchev–Trinajstić information content (AvgIpc) is 2.73. The first-order valence-electron chi connectivity index (χ1n) is 4.50. The maximum Gasteiger partial charge on any atom is 0.374 e. The first-order chi connectivity index (χ1) is 7.17. The number of ether oxygens (including phenoxy) is 2. The van der Waals surface area contributed by atoms with Gasteiger partial charge < -0.3 is 13.9 Å². The van der Waals surface area contributed by atoms with Crippen molar-refractivity contribution in [2.45, 2.75) is 13.3 Å². The van der Waals surface area contributed by atoms with Crippen LogP contribution in [0.4, 0.5) is 0 Å². The third-order valence-corrected chi connectivity index (χ3v) is 1.74. The van der Waals surface area contributed by atoms with E-state index in [4.69, 9.17) is 13.9 Å². The minimum absolute atomic E-state index is 0.0238. The van der Waals surface area contributed by atoms with E-state index in [0.717, 1.165) is 0 Å². The summed E-state index contributed by atoms with van der Waals surface area (Å²) in [4.78, 5) is 22.1. The summed E-state index contributed by atoms with van der Waals surface area (Å²) in [6.45, 7) is 1.48. The number of furan rings is 1. The number of Topliss-reactive ketones (excluding diaryl/α,β-unsaturated/α-hetero) is 1. The molecule has 1 heterocycles. The smallest absolute Gasteiger partial charge is 0.374 e. The van der Waals surface area contributed by atoms with E-state index in [-0.39, 0.29) is 24.1 Å². The van der Waals surface area contributed by atoms with Crippen LogP contribution in [0.25, 0.3) is 0 Å². The highest BCUT2D eigenvalue weighted by atomic mass is 16.6. The minimum Gasteiger partial charge on any atom is -0.468 e. The molecule has 1 rings (SSSR count). The number of hydrogen-bond acceptors (Lipinski definition) is 5. The number of hydrogen-bond donors (Lipinski definition) is 0. The van der Waals surface area contributed by atoms with Crippen LogP contribution in [0.1, 0.15) is 23.9 Å². The van der Waals surface area contributed by atoms with Crippen molar-refractivity contribution in [2.24, 2.45) is 0 Å². The lowest BCUT2D eigenvalue weighted by Crippen LogP contribution is -2.12. The van der Waals surface area contributed by atoms with Crippen molar-refractivity contribution in [3.05, 3.63) is 17.9 Å². The zero-order chi connectivity index (χ0) is 11.3. The van der Waals surface area contributed by atoms with E-state index >= 15 is 0 Å². The molecule has 0 aliphatic carbocycles. The fourth-order valence-electron chi connectivity index (χ4n) is 0.859. The second kappa shape index (κ2) is 5.19. The van der Waals surface area contributed by atoms with Crippen LogP contribution >= 0.6 is 0 Å². The van der Waals surface area contributed by atoms with E-state index in [2.05, 4.69) is 0 Å². The van der Waals surface area contributed by atoms with E-state index in [1.165, 1.54) is 19.2 Å². The lowest BCUT2D eigenvalue weighted by atomic mass is 10.3. The first kappa shape index (κ1) is 11.3. The molecule has 0 aliphatic rings. The van der Waals surface area contributed by atoms with E-state index in [1.54, 1.807) is 6.92 Å². The zero-order valence-electron chi connectivity index (χ0n) is 8.61. The summed E-state index contributed by atoms with van der Waals surface area (Å²) in [6.07, 6.45) is 0.342. The summed E-state index contributed by atoms with van der Waals surface area (Å²) in [5, 5.41) is 0. The SMILES string of the molecule is CCC(=O)COC(=O)c1ccc(OC)o1. The quantitative estimate of drug-likeness (QED) is 0.690. The zero-order valence-corrected chi connectivity index (χ0v) is 8.61. The van der Waals surface area contributed by atoms with E-state index in [9.17, 15) is 9.59 Å². The van der Waals surface area contributed by atoms with Crippen LogP contribution in [0.2, 0.25) is 0 Å². The van der Waals surface area contributed by atoms with Gasteiger partial charge in [0.1, 0.15) is 6.61 Å². The summed E-state index contributed by atoms with van der Waals surface area (Å²) >= 11 is 0. The molecule has 82 valence electrons. The Morgan fingerprint density at radius 1 is 1.40 bits per heavy atom. The van der Waals surface area contributed by atoms with Crippen LogP contribution in [0.5, 0.6) is 5.95 Å². The molecule has 0 N–H and O–H groups in total. The van der Waals surface area contributed by atoms with Crippen molar-refractivity contribution in [3.8, 4) is 5.95 Å². The topological polar surface area (TPSA) is 65.7 Å². The molecule has 0 fully saturated rings. The number of ketones is 1. The maximum atomic E-state index is 11.3. The monoisotopic (exact) mass is 212 g/mol. The summed E-state index contributed by atoms with van der Waals surface area (Å²) in [6, 6.07) is 2.93. The van der Waals surface area contributed by atoms with Crippen molar-refractivity contribution >= 4 is 11.8 Å². The molecular formula is C10H12O5. The molecule has 0 amide bonds. The van der Waals surface area contributed by atoms with Gasteiger partial charge in [-0.2, -0.15) is 0 Å². The van der Waals surface area contributed by atoms with Crippen LogP contribution < -0.4 is 4.74 Å². The molecule has 0 aliphatic heterocycles. The van der Waals surface area contributed by atoms with Gasteiger partial charge in [-0.15, -0.1) is 0 Å².